The van der Waals surface area contributed by atoms with Gasteiger partial charge in [0.15, 0.2) is 11.5 Å². The average molecular weight is 316 g/mol. The molecule has 1 aliphatic rings. The van der Waals surface area contributed by atoms with Crippen LogP contribution in [0.5, 0.6) is 11.5 Å². The summed E-state index contributed by atoms with van der Waals surface area (Å²) in [5.41, 5.74) is 0. The second kappa shape index (κ2) is 7.04. The number of pyridine rings is 1. The van der Waals surface area contributed by atoms with Crippen molar-refractivity contribution in [1.29, 1.82) is 0 Å². The summed E-state index contributed by atoms with van der Waals surface area (Å²) in [6.07, 6.45) is 1.94. The van der Waals surface area contributed by atoms with Crippen molar-refractivity contribution in [1.82, 2.24) is 4.98 Å². The first-order valence-electron chi connectivity index (χ1n) is 8.47. The number of piperazine rings is 1. The molecule has 0 atom stereocenters. The third kappa shape index (κ3) is 3.50. The standard InChI is InChI=1S/C18H25N3O2/c1-4-22-16-10-14-12-18(21-8-6-20(3)7-9-21)19-13-15(14)11-17(16)23-5-2/h10-13H,4-9H2,1-3H3/p+1. The number of likely N-dealkylation sites (N-methyl/N-ethyl adjacent to an activating group) is 1. The molecule has 1 aromatic carbocycles. The number of hydrogen-bond acceptors (Lipinski definition) is 4. The fourth-order valence-corrected chi connectivity index (χ4v) is 2.97. The third-order valence-corrected chi connectivity index (χ3v) is 4.31. The SMILES string of the molecule is CCOc1cc2cnc(N3CC[NH+](C)CC3)cc2cc1OCC. The third-order valence-electron chi connectivity index (χ3n) is 4.31. The molecule has 5 heteroatoms. The van der Waals surface area contributed by atoms with Gasteiger partial charge in [-0.05, 0) is 37.4 Å². The first-order valence-corrected chi connectivity index (χ1v) is 8.47. The zero-order valence-electron chi connectivity index (χ0n) is 14.3. The van der Waals surface area contributed by atoms with E-state index in [1.165, 1.54) is 0 Å². The number of nitrogens with zero attached hydrogens (tertiary/aromatic N) is 2. The van der Waals surface area contributed by atoms with Crippen molar-refractivity contribution in [2.75, 3.05) is 51.3 Å². The molecule has 5 nitrogen and oxygen atoms in total. The zero-order chi connectivity index (χ0) is 16.2. The quantitative estimate of drug-likeness (QED) is 0.904. The van der Waals surface area contributed by atoms with E-state index in [0.717, 1.165) is 54.3 Å². The largest absolute Gasteiger partial charge is 0.490 e. The number of aromatic nitrogens is 1. The second-order valence-electron chi connectivity index (χ2n) is 6.00. The van der Waals surface area contributed by atoms with Crippen LogP contribution in [-0.4, -0.2) is 51.4 Å². The monoisotopic (exact) mass is 316 g/mol. The molecule has 0 saturated carbocycles. The van der Waals surface area contributed by atoms with Crippen LogP contribution in [0.1, 0.15) is 13.8 Å². The highest BCUT2D eigenvalue weighted by molar-refractivity contribution is 5.87. The molecule has 1 fully saturated rings. The maximum Gasteiger partial charge on any atom is 0.161 e. The molecule has 23 heavy (non-hydrogen) atoms. The Labute approximate surface area is 137 Å². The van der Waals surface area contributed by atoms with E-state index >= 15 is 0 Å². The molecule has 0 spiro atoms. The summed E-state index contributed by atoms with van der Waals surface area (Å²) in [4.78, 5) is 8.60. The van der Waals surface area contributed by atoms with E-state index in [4.69, 9.17) is 9.47 Å². The van der Waals surface area contributed by atoms with Gasteiger partial charge in [0.25, 0.3) is 0 Å². The predicted octanol–water partition coefficient (Wildman–Crippen LogP) is 1.37. The van der Waals surface area contributed by atoms with Crippen molar-refractivity contribution >= 4 is 16.6 Å². The molecule has 2 aromatic rings. The fraction of sp³-hybridized carbons (Fsp3) is 0.500. The lowest BCUT2D eigenvalue weighted by Gasteiger charge is -2.31. The molecule has 124 valence electrons. The molecule has 2 heterocycles. The minimum atomic E-state index is 0.626. The first kappa shape index (κ1) is 15.9. The van der Waals surface area contributed by atoms with Gasteiger partial charge in [0.2, 0.25) is 0 Å². The summed E-state index contributed by atoms with van der Waals surface area (Å²) < 4.78 is 11.4. The number of hydrogen-bond donors (Lipinski definition) is 1. The lowest BCUT2D eigenvalue weighted by Crippen LogP contribution is -3.12. The number of nitrogens with one attached hydrogen (secondary N) is 1. The van der Waals surface area contributed by atoms with Crippen LogP contribution in [0.3, 0.4) is 0 Å². The van der Waals surface area contributed by atoms with E-state index in [1.807, 2.05) is 26.1 Å². The van der Waals surface area contributed by atoms with Crippen LogP contribution in [0.2, 0.25) is 0 Å². The molecule has 0 unspecified atom stereocenters. The highest BCUT2D eigenvalue weighted by atomic mass is 16.5. The first-order chi connectivity index (χ1) is 11.2. The average Bonchev–Trinajstić information content (AvgIpc) is 2.56. The Kier molecular flexibility index (Phi) is 4.86. The van der Waals surface area contributed by atoms with Crippen molar-refractivity contribution in [2.24, 2.45) is 0 Å². The molecular weight excluding hydrogens is 290 g/mol. The Morgan fingerprint density at radius 3 is 2.22 bits per heavy atom. The van der Waals surface area contributed by atoms with Crippen LogP contribution in [0.4, 0.5) is 5.82 Å². The van der Waals surface area contributed by atoms with E-state index < -0.39 is 0 Å². The Morgan fingerprint density at radius 1 is 1.00 bits per heavy atom. The Morgan fingerprint density at radius 2 is 1.61 bits per heavy atom. The molecule has 1 saturated heterocycles. The van der Waals surface area contributed by atoms with Crippen LogP contribution < -0.4 is 19.3 Å². The minimum absolute atomic E-state index is 0.626. The molecule has 3 rings (SSSR count). The lowest BCUT2D eigenvalue weighted by molar-refractivity contribution is -0.880. The van der Waals surface area contributed by atoms with E-state index in [2.05, 4.69) is 29.1 Å². The van der Waals surface area contributed by atoms with Gasteiger partial charge < -0.3 is 19.3 Å². The highest BCUT2D eigenvalue weighted by Gasteiger charge is 2.18. The van der Waals surface area contributed by atoms with E-state index in [-0.39, 0.29) is 0 Å². The highest BCUT2D eigenvalue weighted by Crippen LogP contribution is 2.33. The van der Waals surface area contributed by atoms with Crippen molar-refractivity contribution in [3.05, 3.63) is 24.4 Å². The zero-order valence-corrected chi connectivity index (χ0v) is 14.3. The maximum absolute atomic E-state index is 5.73. The number of ether oxygens (including phenoxy) is 2. The lowest BCUT2D eigenvalue weighted by atomic mass is 10.1. The molecular formula is C18H26N3O2+. The normalized spacial score (nSPS) is 15.9. The maximum atomic E-state index is 5.73. The molecule has 1 aliphatic heterocycles. The van der Waals surface area contributed by atoms with Gasteiger partial charge in [-0.3, -0.25) is 0 Å². The van der Waals surface area contributed by atoms with E-state index in [9.17, 15) is 0 Å². The second-order valence-corrected chi connectivity index (χ2v) is 6.00. The van der Waals surface area contributed by atoms with Crippen molar-refractivity contribution in [3.8, 4) is 11.5 Å². The molecule has 1 aromatic heterocycles. The Balaban J connectivity index is 1.93. The van der Waals surface area contributed by atoms with Crippen LogP contribution >= 0.6 is 0 Å². The van der Waals surface area contributed by atoms with Crippen molar-refractivity contribution in [2.45, 2.75) is 13.8 Å². The van der Waals surface area contributed by atoms with Gasteiger partial charge in [0.05, 0.1) is 46.4 Å². The van der Waals surface area contributed by atoms with Crippen LogP contribution in [0.25, 0.3) is 10.8 Å². The summed E-state index contributed by atoms with van der Waals surface area (Å²) in [6.45, 7) is 9.66. The summed E-state index contributed by atoms with van der Waals surface area (Å²) >= 11 is 0. The van der Waals surface area contributed by atoms with Crippen molar-refractivity contribution in [3.63, 3.8) is 0 Å². The summed E-state index contributed by atoms with van der Waals surface area (Å²) in [5, 5.41) is 2.23. The summed E-state index contributed by atoms with van der Waals surface area (Å²) in [5.74, 6) is 2.65. The molecule has 0 amide bonds. The van der Waals surface area contributed by atoms with E-state index in [0.29, 0.717) is 13.2 Å². The number of benzene rings is 1. The van der Waals surface area contributed by atoms with Crippen LogP contribution in [0.15, 0.2) is 24.4 Å². The van der Waals surface area contributed by atoms with Crippen LogP contribution in [0, 0.1) is 0 Å². The molecule has 0 aliphatic carbocycles. The van der Waals surface area contributed by atoms with E-state index in [1.54, 1.807) is 4.90 Å². The van der Waals surface area contributed by atoms with Gasteiger partial charge in [0.1, 0.15) is 5.82 Å². The minimum Gasteiger partial charge on any atom is -0.490 e. The van der Waals surface area contributed by atoms with Crippen molar-refractivity contribution < 1.29 is 14.4 Å². The molecule has 0 radical (unpaired) electrons. The Bertz CT molecular complexity index is 667. The topological polar surface area (TPSA) is 39.0 Å². The van der Waals surface area contributed by atoms with Gasteiger partial charge in [-0.2, -0.15) is 0 Å². The molecule has 1 N–H and O–H groups in total. The van der Waals surface area contributed by atoms with Gasteiger partial charge in [-0.1, -0.05) is 0 Å². The smallest absolute Gasteiger partial charge is 0.161 e. The summed E-state index contributed by atoms with van der Waals surface area (Å²) in [7, 11) is 2.24. The van der Waals surface area contributed by atoms with Gasteiger partial charge in [-0.15, -0.1) is 0 Å². The number of rotatable bonds is 5. The van der Waals surface area contributed by atoms with Gasteiger partial charge in [0, 0.05) is 11.6 Å². The van der Waals surface area contributed by atoms with Gasteiger partial charge in [-0.25, -0.2) is 4.98 Å². The summed E-state index contributed by atoms with van der Waals surface area (Å²) in [6, 6.07) is 6.25. The Hall–Kier alpha value is -2.01. The predicted molar refractivity (Wildman–Crippen MR) is 92.9 cm³/mol. The molecule has 0 bridgehead atoms. The van der Waals surface area contributed by atoms with Crippen LogP contribution in [-0.2, 0) is 0 Å². The number of quaternary nitrogens is 1. The fourth-order valence-electron chi connectivity index (χ4n) is 2.97. The van der Waals surface area contributed by atoms with Gasteiger partial charge >= 0.3 is 0 Å². The number of fused-ring (bicyclic) bond motifs is 1. The number of anilines is 1.